The van der Waals surface area contributed by atoms with E-state index in [-0.39, 0.29) is 17.7 Å². The van der Waals surface area contributed by atoms with Gasteiger partial charge in [0.05, 0.1) is 10.9 Å². The molecular weight excluding hydrogens is 332 g/mol. The molecule has 1 atom stereocenters. The number of nitrogens with one attached hydrogen (secondary N) is 1. The van der Waals surface area contributed by atoms with E-state index in [2.05, 4.69) is 5.32 Å². The van der Waals surface area contributed by atoms with Gasteiger partial charge in [-0.2, -0.15) is 0 Å². The summed E-state index contributed by atoms with van der Waals surface area (Å²) in [6, 6.07) is 9.44. The van der Waals surface area contributed by atoms with Gasteiger partial charge >= 0.3 is 0 Å². The van der Waals surface area contributed by atoms with Crippen molar-refractivity contribution < 1.29 is 9.59 Å². The number of carbonyl (C=O) groups is 2. The Labute approximate surface area is 144 Å². The van der Waals surface area contributed by atoms with Gasteiger partial charge in [0.2, 0.25) is 0 Å². The van der Waals surface area contributed by atoms with Crippen LogP contribution in [0.5, 0.6) is 0 Å². The Kier molecular flexibility index (Phi) is 4.80. The van der Waals surface area contributed by atoms with E-state index in [0.717, 1.165) is 12.1 Å². The summed E-state index contributed by atoms with van der Waals surface area (Å²) in [5, 5.41) is 5.85. The Morgan fingerprint density at radius 2 is 2.17 bits per heavy atom. The minimum absolute atomic E-state index is 0.0163. The van der Waals surface area contributed by atoms with Crippen LogP contribution in [0.2, 0.25) is 5.02 Å². The smallest absolute Gasteiger partial charge is 0.264 e. The van der Waals surface area contributed by atoms with Crippen LogP contribution in [0.25, 0.3) is 0 Å². The highest BCUT2D eigenvalue weighted by Gasteiger charge is 2.26. The molecule has 0 radical (unpaired) electrons. The summed E-state index contributed by atoms with van der Waals surface area (Å²) in [5.41, 5.74) is 1.67. The zero-order valence-electron chi connectivity index (χ0n) is 12.7. The molecule has 1 aromatic heterocycles. The molecule has 0 saturated carbocycles. The molecule has 23 heavy (non-hydrogen) atoms. The van der Waals surface area contributed by atoms with Crippen molar-refractivity contribution in [3.63, 3.8) is 0 Å². The highest BCUT2D eigenvalue weighted by Crippen LogP contribution is 2.23. The van der Waals surface area contributed by atoms with Gasteiger partial charge in [0.15, 0.2) is 5.78 Å². The van der Waals surface area contributed by atoms with E-state index in [1.165, 1.54) is 18.3 Å². The summed E-state index contributed by atoms with van der Waals surface area (Å²) < 4.78 is 0. The number of thiophene rings is 1. The molecule has 0 spiro atoms. The van der Waals surface area contributed by atoms with Crippen molar-refractivity contribution in [3.05, 3.63) is 56.7 Å². The van der Waals surface area contributed by atoms with Crippen molar-refractivity contribution in [2.45, 2.75) is 13.0 Å². The molecule has 1 fully saturated rings. The van der Waals surface area contributed by atoms with Crippen molar-refractivity contribution in [3.8, 4) is 0 Å². The average molecular weight is 349 g/mol. The molecule has 6 heteroatoms. The molecule has 1 saturated heterocycles. The molecule has 1 aliphatic rings. The number of Topliss-reactive ketones (excluding diaryl/α,β-unsaturated/α-hetero) is 1. The van der Waals surface area contributed by atoms with Crippen LogP contribution in [0.15, 0.2) is 35.7 Å². The van der Waals surface area contributed by atoms with Gasteiger partial charge < -0.3 is 10.2 Å². The fourth-order valence-electron chi connectivity index (χ4n) is 2.67. The number of benzene rings is 1. The first-order chi connectivity index (χ1) is 11.0. The Morgan fingerprint density at radius 3 is 2.87 bits per heavy atom. The first-order valence-corrected chi connectivity index (χ1v) is 8.68. The third-order valence-corrected chi connectivity index (χ3v) is 5.08. The Hall–Kier alpha value is -1.69. The van der Waals surface area contributed by atoms with E-state index in [1.807, 2.05) is 29.2 Å². The molecule has 2 aromatic rings. The van der Waals surface area contributed by atoms with Crippen LogP contribution < -0.4 is 5.32 Å². The molecule has 1 aliphatic heterocycles. The summed E-state index contributed by atoms with van der Waals surface area (Å²) in [4.78, 5) is 26.5. The van der Waals surface area contributed by atoms with Crippen molar-refractivity contribution in [1.29, 1.82) is 0 Å². The maximum Gasteiger partial charge on any atom is 0.264 e. The van der Waals surface area contributed by atoms with Crippen molar-refractivity contribution in [2.24, 2.45) is 0 Å². The van der Waals surface area contributed by atoms with Crippen LogP contribution >= 0.6 is 22.9 Å². The van der Waals surface area contributed by atoms with E-state index in [0.29, 0.717) is 28.6 Å². The minimum atomic E-state index is -0.0176. The van der Waals surface area contributed by atoms with Crippen LogP contribution in [0.4, 0.5) is 0 Å². The highest BCUT2D eigenvalue weighted by molar-refractivity contribution is 7.12. The zero-order valence-corrected chi connectivity index (χ0v) is 14.3. The third kappa shape index (κ3) is 3.63. The van der Waals surface area contributed by atoms with Gasteiger partial charge in [0.1, 0.15) is 0 Å². The van der Waals surface area contributed by atoms with Crippen LogP contribution in [-0.2, 0) is 0 Å². The van der Waals surface area contributed by atoms with E-state index in [4.69, 9.17) is 11.6 Å². The second-order valence-corrected chi connectivity index (χ2v) is 6.92. The molecule has 3 rings (SSSR count). The van der Waals surface area contributed by atoms with Crippen LogP contribution in [0.3, 0.4) is 0 Å². The van der Waals surface area contributed by atoms with E-state index in [9.17, 15) is 9.59 Å². The number of halogens is 1. The van der Waals surface area contributed by atoms with E-state index in [1.54, 1.807) is 11.4 Å². The monoisotopic (exact) mass is 348 g/mol. The molecular formula is C17H17ClN2O2S. The van der Waals surface area contributed by atoms with Gasteiger partial charge in [-0.1, -0.05) is 23.7 Å². The molecule has 2 heterocycles. The van der Waals surface area contributed by atoms with Gasteiger partial charge in [-0.25, -0.2) is 0 Å². The summed E-state index contributed by atoms with van der Waals surface area (Å²) in [6.07, 6.45) is 0. The average Bonchev–Trinajstić information content (AvgIpc) is 3.04. The molecule has 120 valence electrons. The highest BCUT2D eigenvalue weighted by atomic mass is 35.5. The maximum atomic E-state index is 12.7. The third-order valence-electron chi connectivity index (χ3n) is 3.93. The van der Waals surface area contributed by atoms with Gasteiger partial charge in [0, 0.05) is 35.6 Å². The maximum absolute atomic E-state index is 12.7. The van der Waals surface area contributed by atoms with Gasteiger partial charge in [-0.05, 0) is 30.7 Å². The van der Waals surface area contributed by atoms with Crippen LogP contribution in [0, 0.1) is 0 Å². The van der Waals surface area contributed by atoms with Gasteiger partial charge in [0.25, 0.3) is 5.91 Å². The fourth-order valence-corrected chi connectivity index (χ4v) is 3.78. The molecule has 0 unspecified atom stereocenters. The number of amides is 1. The van der Waals surface area contributed by atoms with Crippen LogP contribution in [-0.4, -0.2) is 36.2 Å². The Morgan fingerprint density at radius 1 is 1.35 bits per heavy atom. The second-order valence-electron chi connectivity index (χ2n) is 5.57. The summed E-state index contributed by atoms with van der Waals surface area (Å²) >= 11 is 7.38. The van der Waals surface area contributed by atoms with Gasteiger partial charge in [-0.3, -0.25) is 9.59 Å². The van der Waals surface area contributed by atoms with E-state index >= 15 is 0 Å². The number of hydrogen-bond acceptors (Lipinski definition) is 4. The largest absolute Gasteiger partial charge is 0.335 e. The Bertz CT molecular complexity index is 744. The molecule has 1 aromatic carbocycles. The quantitative estimate of drug-likeness (QED) is 0.865. The van der Waals surface area contributed by atoms with Crippen molar-refractivity contribution in [1.82, 2.24) is 10.2 Å². The second kappa shape index (κ2) is 6.83. The number of nitrogens with zero attached hydrogens (tertiary/aromatic N) is 1. The number of ketones is 1. The van der Waals surface area contributed by atoms with Gasteiger partial charge in [-0.15, -0.1) is 11.3 Å². The lowest BCUT2D eigenvalue weighted by Crippen LogP contribution is -2.48. The summed E-state index contributed by atoms with van der Waals surface area (Å²) in [6.45, 7) is 3.49. The summed E-state index contributed by atoms with van der Waals surface area (Å²) in [7, 11) is 0. The summed E-state index contributed by atoms with van der Waals surface area (Å²) in [5.74, 6) is -0.0338. The molecule has 1 amide bonds. The van der Waals surface area contributed by atoms with Crippen LogP contribution in [0.1, 0.15) is 38.6 Å². The fraction of sp³-hybridized carbons (Fsp3) is 0.294. The normalized spacial score (nSPS) is 18.0. The number of hydrogen-bond donors (Lipinski definition) is 1. The first kappa shape index (κ1) is 16.2. The van der Waals surface area contributed by atoms with E-state index < -0.39 is 0 Å². The first-order valence-electron chi connectivity index (χ1n) is 7.42. The lowest BCUT2D eigenvalue weighted by Gasteiger charge is -2.33. The number of piperazine rings is 1. The predicted molar refractivity (Wildman–Crippen MR) is 92.4 cm³/mol. The Balaban J connectivity index is 1.75. The molecule has 0 bridgehead atoms. The lowest BCUT2D eigenvalue weighted by atomic mass is 10.0. The zero-order chi connectivity index (χ0) is 16.4. The standard InChI is InChI=1S/C17H17ClN2O2S/c1-11(21)13-8-16(23-10-13)17(22)20-6-5-19-15(9-20)12-3-2-4-14(18)7-12/h2-4,7-8,10,15,19H,5-6,9H2,1H3/t15-/m0/s1. The number of carbonyl (C=O) groups excluding carboxylic acids is 2. The van der Waals surface area contributed by atoms with Crippen molar-refractivity contribution in [2.75, 3.05) is 19.6 Å². The lowest BCUT2D eigenvalue weighted by molar-refractivity contribution is 0.0708. The molecule has 1 N–H and O–H groups in total. The predicted octanol–water partition coefficient (Wildman–Crippen LogP) is 3.39. The SMILES string of the molecule is CC(=O)c1csc(C(=O)N2CCN[C@H](c3cccc(Cl)c3)C2)c1. The molecule has 4 nitrogen and oxygen atoms in total. The van der Waals surface area contributed by atoms with Crippen molar-refractivity contribution >= 4 is 34.6 Å². The topological polar surface area (TPSA) is 49.4 Å². The molecule has 0 aliphatic carbocycles. The number of rotatable bonds is 3. The minimum Gasteiger partial charge on any atom is -0.335 e.